The number of Topliss-reactive ketones (excluding diaryl/α,β-unsaturated/α-hetero) is 2. The van der Waals surface area contributed by atoms with E-state index < -0.39 is 0 Å². The Morgan fingerprint density at radius 1 is 0.500 bits per heavy atom. The Bertz CT molecular complexity index is 1940. The van der Waals surface area contributed by atoms with Crippen LogP contribution >= 0.6 is 0 Å². The molecule has 0 saturated carbocycles. The number of carbonyl (C=O) groups is 2. The van der Waals surface area contributed by atoms with E-state index in [1.54, 1.807) is 6.08 Å². The summed E-state index contributed by atoms with van der Waals surface area (Å²) in [6, 6.07) is 28.8. The summed E-state index contributed by atoms with van der Waals surface area (Å²) < 4.78 is 0. The Morgan fingerprint density at radius 3 is 1.30 bits per heavy atom. The molecule has 0 aromatic heterocycles. The van der Waals surface area contributed by atoms with Crippen molar-refractivity contribution in [3.05, 3.63) is 153 Å². The maximum atomic E-state index is 13.7. The van der Waals surface area contributed by atoms with Gasteiger partial charge in [-0.15, -0.1) is 0 Å². The van der Waals surface area contributed by atoms with Crippen molar-refractivity contribution in [2.45, 2.75) is 41.5 Å². The molecule has 2 aliphatic rings. The zero-order valence-electron chi connectivity index (χ0n) is 25.9. The summed E-state index contributed by atoms with van der Waals surface area (Å²) in [6.45, 7) is 12.8. The summed E-state index contributed by atoms with van der Waals surface area (Å²) >= 11 is 0. The summed E-state index contributed by atoms with van der Waals surface area (Å²) in [7, 11) is 0. The number of hydrogen-bond acceptors (Lipinski definition) is 4. The fourth-order valence-corrected chi connectivity index (χ4v) is 7.18. The predicted octanol–water partition coefficient (Wildman–Crippen LogP) is 9.83. The number of para-hydroxylation sites is 2. The number of anilines is 4. The van der Waals surface area contributed by atoms with Crippen LogP contribution in [0.3, 0.4) is 0 Å². The van der Waals surface area contributed by atoms with Gasteiger partial charge in [-0.25, -0.2) is 0 Å². The third-order valence-corrected chi connectivity index (χ3v) is 8.80. The summed E-state index contributed by atoms with van der Waals surface area (Å²) in [5.74, 6) is 0.406. The van der Waals surface area contributed by atoms with Crippen molar-refractivity contribution in [2.24, 2.45) is 0 Å². The van der Waals surface area contributed by atoms with Crippen LogP contribution < -0.4 is 9.80 Å². The van der Waals surface area contributed by atoms with Crippen molar-refractivity contribution < 1.29 is 9.59 Å². The minimum Gasteiger partial charge on any atom is -0.293 e. The number of benzene rings is 5. The van der Waals surface area contributed by atoms with E-state index in [0.29, 0.717) is 11.1 Å². The number of aryl methyl sites for hydroxylation is 6. The van der Waals surface area contributed by atoms with E-state index in [-0.39, 0.29) is 17.1 Å². The first-order valence-corrected chi connectivity index (χ1v) is 15.0. The van der Waals surface area contributed by atoms with E-state index >= 15 is 0 Å². The molecule has 1 heterocycles. The average Bonchev–Trinajstić information content (AvgIpc) is 3.40. The van der Waals surface area contributed by atoms with Crippen LogP contribution in [-0.2, 0) is 0 Å². The zero-order chi connectivity index (χ0) is 30.9. The molecular weight excluding hydrogens is 540 g/mol. The van der Waals surface area contributed by atoms with Crippen molar-refractivity contribution in [3.8, 4) is 0 Å². The number of ketones is 2. The molecule has 0 radical (unpaired) electrons. The smallest absolute Gasteiger partial charge is 0.197 e. The van der Waals surface area contributed by atoms with E-state index in [1.165, 1.54) is 11.1 Å². The molecule has 4 heteroatoms. The van der Waals surface area contributed by atoms with E-state index in [9.17, 15) is 9.59 Å². The highest BCUT2D eigenvalue weighted by molar-refractivity contribution is 6.40. The monoisotopic (exact) mass is 574 g/mol. The van der Waals surface area contributed by atoms with Gasteiger partial charge in [-0.05, 0) is 111 Å². The van der Waals surface area contributed by atoms with Crippen LogP contribution in [-0.4, -0.2) is 11.6 Å². The van der Waals surface area contributed by atoms with Crippen LogP contribution in [0, 0.1) is 41.5 Å². The Kier molecular flexibility index (Phi) is 6.40. The molecule has 1 aliphatic heterocycles. The maximum absolute atomic E-state index is 13.7. The predicted molar refractivity (Wildman–Crippen MR) is 181 cm³/mol. The number of rotatable bonds is 3. The third-order valence-electron chi connectivity index (χ3n) is 8.80. The standard InChI is InChI=1S/C40H34N2O2/c1-23-17-25(3)37(26(4)18-23)41-34-13-9-10-14-35(34)42(38-27(5)19-24(2)20-28(38)6)36(41)16-15-31-39(43)32-21-29-11-7-8-12-30(29)22-33(32)40(31)44/h7-22H,1-6H3. The second kappa shape index (κ2) is 10.2. The molecule has 0 unspecified atom stereocenters. The topological polar surface area (TPSA) is 40.6 Å². The van der Waals surface area contributed by atoms with E-state index in [4.69, 9.17) is 0 Å². The van der Waals surface area contributed by atoms with Crippen molar-refractivity contribution in [3.63, 3.8) is 0 Å². The van der Waals surface area contributed by atoms with E-state index in [2.05, 4.69) is 99.9 Å². The van der Waals surface area contributed by atoms with Crippen molar-refractivity contribution >= 4 is 45.1 Å². The molecule has 7 rings (SSSR count). The number of nitrogens with zero attached hydrogens (tertiary/aromatic N) is 2. The molecule has 1 aliphatic carbocycles. The minimum atomic E-state index is -0.230. The molecule has 5 aromatic carbocycles. The minimum absolute atomic E-state index is 0.188. The largest absolute Gasteiger partial charge is 0.293 e. The van der Waals surface area contributed by atoms with Crippen LogP contribution in [0.25, 0.3) is 10.8 Å². The summed E-state index contributed by atoms with van der Waals surface area (Å²) in [6.07, 6.45) is 3.68. The molecule has 0 saturated heterocycles. The fraction of sp³-hybridized carbons (Fsp3) is 0.150. The highest BCUT2D eigenvalue weighted by Crippen LogP contribution is 2.52. The van der Waals surface area contributed by atoms with Gasteiger partial charge in [0.1, 0.15) is 5.82 Å². The van der Waals surface area contributed by atoms with Crippen molar-refractivity contribution in [2.75, 3.05) is 9.80 Å². The van der Waals surface area contributed by atoms with Gasteiger partial charge in [0.15, 0.2) is 11.6 Å². The van der Waals surface area contributed by atoms with Crippen LogP contribution in [0.1, 0.15) is 54.1 Å². The van der Waals surface area contributed by atoms with Crippen molar-refractivity contribution in [1.29, 1.82) is 0 Å². The molecule has 5 aromatic rings. The highest BCUT2D eigenvalue weighted by atomic mass is 16.2. The third kappa shape index (κ3) is 4.21. The lowest BCUT2D eigenvalue weighted by molar-refractivity contribution is 0.0988. The molecule has 0 atom stereocenters. The summed E-state index contributed by atoms with van der Waals surface area (Å²) in [5, 5.41) is 1.90. The first-order chi connectivity index (χ1) is 21.1. The van der Waals surface area contributed by atoms with Gasteiger partial charge in [-0.1, -0.05) is 71.8 Å². The van der Waals surface area contributed by atoms with Crippen LogP contribution in [0.5, 0.6) is 0 Å². The molecule has 0 N–H and O–H groups in total. The number of fused-ring (bicyclic) bond motifs is 3. The molecule has 4 nitrogen and oxygen atoms in total. The van der Waals surface area contributed by atoms with Crippen LogP contribution in [0.4, 0.5) is 22.7 Å². The second-order valence-electron chi connectivity index (χ2n) is 12.2. The zero-order valence-corrected chi connectivity index (χ0v) is 25.9. The van der Waals surface area contributed by atoms with Gasteiger partial charge >= 0.3 is 0 Å². The molecule has 216 valence electrons. The van der Waals surface area contributed by atoms with Gasteiger partial charge in [0.25, 0.3) is 0 Å². The average molecular weight is 575 g/mol. The van der Waals surface area contributed by atoms with E-state index in [0.717, 1.165) is 61.6 Å². The maximum Gasteiger partial charge on any atom is 0.197 e. The summed E-state index contributed by atoms with van der Waals surface area (Å²) in [5.41, 5.74) is 12.4. The normalized spacial score (nSPS) is 14.0. The van der Waals surface area contributed by atoms with Gasteiger partial charge in [-0.3, -0.25) is 19.4 Å². The number of hydrogen-bond donors (Lipinski definition) is 0. The molecule has 0 fully saturated rings. The molecule has 44 heavy (non-hydrogen) atoms. The van der Waals surface area contributed by atoms with Gasteiger partial charge in [0.05, 0.1) is 28.3 Å². The van der Waals surface area contributed by atoms with Gasteiger partial charge in [0.2, 0.25) is 0 Å². The van der Waals surface area contributed by atoms with Crippen LogP contribution in [0.2, 0.25) is 0 Å². The Balaban J connectivity index is 1.47. The van der Waals surface area contributed by atoms with Gasteiger partial charge in [-0.2, -0.15) is 0 Å². The van der Waals surface area contributed by atoms with Crippen molar-refractivity contribution in [1.82, 2.24) is 0 Å². The number of allylic oxidation sites excluding steroid dienone is 3. The fourth-order valence-electron chi connectivity index (χ4n) is 7.18. The second-order valence-corrected chi connectivity index (χ2v) is 12.2. The van der Waals surface area contributed by atoms with Crippen LogP contribution in [0.15, 0.2) is 108 Å². The lowest BCUT2D eigenvalue weighted by Gasteiger charge is -2.30. The lowest BCUT2D eigenvalue weighted by Crippen LogP contribution is -2.24. The van der Waals surface area contributed by atoms with Gasteiger partial charge in [0, 0.05) is 11.1 Å². The molecular formula is C40H34N2O2. The van der Waals surface area contributed by atoms with E-state index in [1.807, 2.05) is 42.5 Å². The quantitative estimate of drug-likeness (QED) is 0.159. The first-order valence-electron chi connectivity index (χ1n) is 15.0. The highest BCUT2D eigenvalue weighted by Gasteiger charge is 2.37. The Morgan fingerprint density at radius 2 is 0.886 bits per heavy atom. The molecule has 0 bridgehead atoms. The number of carbonyl (C=O) groups excluding carboxylic acids is 2. The lowest BCUT2D eigenvalue weighted by atomic mass is 10.0. The Labute approximate surface area is 258 Å². The SMILES string of the molecule is Cc1cc(C)c(N2C(=CC=C3C(=O)c4cc5ccccc5cc4C3=O)N(c3c(C)cc(C)cc3C)c3ccccc32)c(C)c1. The first kappa shape index (κ1) is 27.6. The Hall–Kier alpha value is -5.22. The molecule has 0 amide bonds. The summed E-state index contributed by atoms with van der Waals surface area (Å²) in [4.78, 5) is 32.0. The molecule has 0 spiro atoms. The van der Waals surface area contributed by atoms with Gasteiger partial charge < -0.3 is 0 Å².